The predicted molar refractivity (Wildman–Crippen MR) is 64.2 cm³/mol. The molecule has 0 aliphatic rings. The highest BCUT2D eigenvalue weighted by molar-refractivity contribution is 6.30. The molecule has 0 radical (unpaired) electrons. The molecule has 0 saturated heterocycles. The van der Waals surface area contributed by atoms with Crippen LogP contribution >= 0.6 is 23.2 Å². The van der Waals surface area contributed by atoms with Crippen molar-refractivity contribution in [2.75, 3.05) is 5.32 Å². The van der Waals surface area contributed by atoms with Gasteiger partial charge in [-0.2, -0.15) is 0 Å². The number of nitrogens with one attached hydrogen (secondary N) is 1. The van der Waals surface area contributed by atoms with E-state index in [1.165, 1.54) is 24.5 Å². The molecule has 0 bridgehead atoms. The molecule has 0 fully saturated rings. The van der Waals surface area contributed by atoms with Crippen molar-refractivity contribution in [1.82, 2.24) is 15.0 Å². The Morgan fingerprint density at radius 1 is 1.18 bits per heavy atom. The molecule has 1 N–H and O–H groups in total. The van der Waals surface area contributed by atoms with Crippen LogP contribution in [0.15, 0.2) is 30.6 Å². The fraction of sp³-hybridized carbons (Fsp3) is 0. The van der Waals surface area contributed by atoms with Crippen LogP contribution in [0.25, 0.3) is 0 Å². The molecule has 0 atom stereocenters. The van der Waals surface area contributed by atoms with Crippen LogP contribution in [0, 0.1) is 0 Å². The number of carbonyl (C=O) groups is 1. The van der Waals surface area contributed by atoms with Gasteiger partial charge in [0.15, 0.2) is 0 Å². The number of halogens is 2. The van der Waals surface area contributed by atoms with Crippen molar-refractivity contribution >= 4 is 34.9 Å². The number of aromatic nitrogens is 3. The number of amides is 1. The van der Waals surface area contributed by atoms with Crippen molar-refractivity contribution in [2.24, 2.45) is 0 Å². The van der Waals surface area contributed by atoms with Gasteiger partial charge in [-0.05, 0) is 29.8 Å². The zero-order chi connectivity index (χ0) is 12.3. The second-order valence-corrected chi connectivity index (χ2v) is 3.76. The fourth-order valence-corrected chi connectivity index (χ4v) is 1.46. The van der Waals surface area contributed by atoms with Crippen LogP contribution in [0.5, 0.6) is 0 Å². The van der Waals surface area contributed by atoms with Gasteiger partial charge in [0.05, 0.1) is 0 Å². The minimum Gasteiger partial charge on any atom is -0.306 e. The van der Waals surface area contributed by atoms with Crippen molar-refractivity contribution in [3.8, 4) is 0 Å². The molecule has 2 aromatic rings. The molecule has 0 saturated carbocycles. The van der Waals surface area contributed by atoms with Crippen LogP contribution in [0.3, 0.4) is 0 Å². The Balaban J connectivity index is 2.17. The molecule has 0 unspecified atom stereocenters. The second-order valence-electron chi connectivity index (χ2n) is 3.03. The highest BCUT2D eigenvalue weighted by Crippen LogP contribution is 2.10. The minimum absolute atomic E-state index is 0.0653. The standard InChI is InChI=1S/C10H6Cl2N4O/c11-7-5-6(1-3-13-7)9(17)15-8-2-4-14-10(12)16-8/h1-5H,(H,14,15,16,17). The Bertz CT molecular complexity index is 562. The maximum atomic E-state index is 11.8. The van der Waals surface area contributed by atoms with E-state index in [-0.39, 0.29) is 16.3 Å². The van der Waals surface area contributed by atoms with Crippen LogP contribution in [0.1, 0.15) is 10.4 Å². The van der Waals surface area contributed by atoms with Crippen molar-refractivity contribution in [2.45, 2.75) is 0 Å². The third-order valence-electron chi connectivity index (χ3n) is 1.86. The summed E-state index contributed by atoms with van der Waals surface area (Å²) in [7, 11) is 0. The average Bonchev–Trinajstić information content (AvgIpc) is 2.29. The summed E-state index contributed by atoms with van der Waals surface area (Å²) in [5.41, 5.74) is 0.389. The quantitative estimate of drug-likeness (QED) is 0.671. The van der Waals surface area contributed by atoms with Crippen LogP contribution in [-0.4, -0.2) is 20.9 Å². The lowest BCUT2D eigenvalue weighted by Gasteiger charge is -2.04. The van der Waals surface area contributed by atoms with Gasteiger partial charge in [0, 0.05) is 18.0 Å². The lowest BCUT2D eigenvalue weighted by Crippen LogP contribution is -2.13. The van der Waals surface area contributed by atoms with Gasteiger partial charge in [0.25, 0.3) is 5.91 Å². The maximum absolute atomic E-state index is 11.8. The van der Waals surface area contributed by atoms with E-state index in [1.54, 1.807) is 6.07 Å². The molecular formula is C10H6Cl2N4O. The predicted octanol–water partition coefficient (Wildman–Crippen LogP) is 2.43. The highest BCUT2D eigenvalue weighted by Gasteiger charge is 2.07. The summed E-state index contributed by atoms with van der Waals surface area (Å²) in [5, 5.41) is 2.88. The number of rotatable bonds is 2. The molecular weight excluding hydrogens is 263 g/mol. The fourth-order valence-electron chi connectivity index (χ4n) is 1.14. The van der Waals surface area contributed by atoms with Gasteiger partial charge in [-0.25, -0.2) is 15.0 Å². The first-order valence-corrected chi connectivity index (χ1v) is 5.32. The molecule has 2 aromatic heterocycles. The third-order valence-corrected chi connectivity index (χ3v) is 2.25. The van der Waals surface area contributed by atoms with Gasteiger partial charge in [0.1, 0.15) is 11.0 Å². The Kier molecular flexibility index (Phi) is 3.51. The van der Waals surface area contributed by atoms with Gasteiger partial charge >= 0.3 is 0 Å². The lowest BCUT2D eigenvalue weighted by atomic mass is 10.2. The largest absolute Gasteiger partial charge is 0.306 e. The van der Waals surface area contributed by atoms with E-state index < -0.39 is 0 Å². The summed E-state index contributed by atoms with van der Waals surface area (Å²) < 4.78 is 0. The van der Waals surface area contributed by atoms with E-state index in [2.05, 4.69) is 20.3 Å². The van der Waals surface area contributed by atoms with Gasteiger partial charge in [0.2, 0.25) is 5.28 Å². The molecule has 17 heavy (non-hydrogen) atoms. The molecule has 1 amide bonds. The first-order valence-electron chi connectivity index (χ1n) is 4.56. The topological polar surface area (TPSA) is 67.8 Å². The van der Waals surface area contributed by atoms with Crippen LogP contribution < -0.4 is 5.32 Å². The summed E-state index contributed by atoms with van der Waals surface area (Å²) in [5.74, 6) is -0.0213. The average molecular weight is 269 g/mol. The SMILES string of the molecule is O=C(Nc1ccnc(Cl)n1)c1ccnc(Cl)c1. The van der Waals surface area contributed by atoms with E-state index in [1.807, 2.05) is 0 Å². The van der Waals surface area contributed by atoms with Gasteiger partial charge in [-0.1, -0.05) is 11.6 Å². The molecule has 2 rings (SSSR count). The Hall–Kier alpha value is -1.72. The zero-order valence-corrected chi connectivity index (χ0v) is 9.90. The second kappa shape index (κ2) is 5.07. The van der Waals surface area contributed by atoms with E-state index in [9.17, 15) is 4.79 Å². The normalized spacial score (nSPS) is 10.0. The van der Waals surface area contributed by atoms with Gasteiger partial charge in [-0.15, -0.1) is 0 Å². The number of hydrogen-bond acceptors (Lipinski definition) is 4. The van der Waals surface area contributed by atoms with Crippen molar-refractivity contribution in [3.63, 3.8) is 0 Å². The summed E-state index contributed by atoms with van der Waals surface area (Å²) >= 11 is 11.3. The number of nitrogens with zero attached hydrogens (tertiary/aromatic N) is 3. The Labute approximate surface area is 107 Å². The molecule has 86 valence electrons. The van der Waals surface area contributed by atoms with Gasteiger partial charge < -0.3 is 5.32 Å². The first-order chi connectivity index (χ1) is 8.15. The molecule has 0 aromatic carbocycles. The molecule has 0 aliphatic heterocycles. The van der Waals surface area contributed by atoms with E-state index in [0.717, 1.165) is 0 Å². The van der Waals surface area contributed by atoms with Crippen LogP contribution in [-0.2, 0) is 0 Å². The van der Waals surface area contributed by atoms with Crippen molar-refractivity contribution in [1.29, 1.82) is 0 Å². The van der Waals surface area contributed by atoms with E-state index in [4.69, 9.17) is 23.2 Å². The molecule has 0 spiro atoms. The Morgan fingerprint density at radius 3 is 2.65 bits per heavy atom. The number of pyridine rings is 1. The molecule has 7 heteroatoms. The first kappa shape index (κ1) is 11.8. The van der Waals surface area contributed by atoms with Crippen LogP contribution in [0.4, 0.5) is 5.82 Å². The summed E-state index contributed by atoms with van der Waals surface area (Å²) in [6, 6.07) is 4.54. The van der Waals surface area contributed by atoms with Crippen LogP contribution in [0.2, 0.25) is 10.4 Å². The van der Waals surface area contributed by atoms with Crippen molar-refractivity contribution in [3.05, 3.63) is 46.6 Å². The summed E-state index contributed by atoms with van der Waals surface area (Å²) in [6.45, 7) is 0. The molecule has 5 nitrogen and oxygen atoms in total. The smallest absolute Gasteiger partial charge is 0.256 e. The number of carbonyl (C=O) groups excluding carboxylic acids is 1. The summed E-state index contributed by atoms with van der Waals surface area (Å²) in [6.07, 6.45) is 2.90. The molecule has 0 aliphatic carbocycles. The zero-order valence-electron chi connectivity index (χ0n) is 8.39. The maximum Gasteiger partial charge on any atom is 0.256 e. The summed E-state index contributed by atoms with van der Waals surface area (Å²) in [4.78, 5) is 23.1. The minimum atomic E-state index is -0.343. The van der Waals surface area contributed by atoms with E-state index in [0.29, 0.717) is 11.4 Å². The monoisotopic (exact) mass is 268 g/mol. The lowest BCUT2D eigenvalue weighted by molar-refractivity contribution is 0.102. The Morgan fingerprint density at radius 2 is 1.94 bits per heavy atom. The number of anilines is 1. The van der Waals surface area contributed by atoms with Crippen molar-refractivity contribution < 1.29 is 4.79 Å². The highest BCUT2D eigenvalue weighted by atomic mass is 35.5. The van der Waals surface area contributed by atoms with E-state index >= 15 is 0 Å². The molecule has 2 heterocycles. The number of hydrogen-bond donors (Lipinski definition) is 1. The third kappa shape index (κ3) is 3.12. The van der Waals surface area contributed by atoms with Gasteiger partial charge in [-0.3, -0.25) is 4.79 Å².